The highest BCUT2D eigenvalue weighted by Gasteiger charge is 2.45. The van der Waals surface area contributed by atoms with Gasteiger partial charge in [0.05, 0.1) is 25.0 Å². The lowest BCUT2D eigenvalue weighted by molar-refractivity contribution is -0.144. The molecule has 39 heavy (non-hydrogen) atoms. The molecule has 1 aromatic heterocycles. The van der Waals surface area contributed by atoms with Crippen LogP contribution >= 0.6 is 0 Å². The zero-order valence-electron chi connectivity index (χ0n) is 23.4. The number of aliphatic hydroxyl groups excluding tert-OH is 1. The zero-order chi connectivity index (χ0) is 27.7. The number of ether oxygens (including phenoxy) is 2. The molecule has 1 aliphatic heterocycles. The van der Waals surface area contributed by atoms with E-state index in [-0.39, 0.29) is 37.4 Å². The molecule has 3 atom stereocenters. The van der Waals surface area contributed by atoms with Gasteiger partial charge in [-0.1, -0.05) is 38.1 Å². The molecular weight excluding hydrogens is 498 g/mol. The first-order valence-corrected chi connectivity index (χ1v) is 14.2. The fourth-order valence-electron chi connectivity index (χ4n) is 5.79. The Balaban J connectivity index is 1.31. The molecule has 2 amide bonds. The minimum atomic E-state index is -0.784. The van der Waals surface area contributed by atoms with E-state index in [1.54, 1.807) is 11.8 Å². The molecule has 1 aromatic carbocycles. The lowest BCUT2D eigenvalue weighted by Crippen LogP contribution is -2.50. The molecule has 212 valence electrons. The van der Waals surface area contributed by atoms with E-state index in [0.717, 1.165) is 49.8 Å². The van der Waals surface area contributed by atoms with Crippen molar-refractivity contribution in [3.63, 3.8) is 0 Å². The second-order valence-corrected chi connectivity index (χ2v) is 12.3. The largest absolute Gasteiger partial charge is 0.493 e. The Kier molecular flexibility index (Phi) is 7.84. The maximum atomic E-state index is 14.0. The molecule has 0 unspecified atom stereocenters. The van der Waals surface area contributed by atoms with Crippen LogP contribution in [0.5, 0.6) is 11.5 Å². The summed E-state index contributed by atoms with van der Waals surface area (Å²) >= 11 is 0. The van der Waals surface area contributed by atoms with Crippen molar-refractivity contribution in [3.8, 4) is 11.5 Å². The number of hydrogen-bond donors (Lipinski definition) is 2. The summed E-state index contributed by atoms with van der Waals surface area (Å²) in [7, 11) is 1.61. The number of aromatic nitrogens is 3. The molecule has 2 aromatic rings. The van der Waals surface area contributed by atoms with Gasteiger partial charge in [-0.3, -0.25) is 9.59 Å². The minimum Gasteiger partial charge on any atom is -0.493 e. The van der Waals surface area contributed by atoms with Crippen molar-refractivity contribution >= 4 is 11.8 Å². The summed E-state index contributed by atoms with van der Waals surface area (Å²) in [6.07, 6.45) is 7.89. The normalized spacial score (nSPS) is 22.6. The Hall–Kier alpha value is -3.14. The molecular formula is C29H41N5O5. The smallest absolute Gasteiger partial charge is 0.248 e. The summed E-state index contributed by atoms with van der Waals surface area (Å²) in [6, 6.07) is 4.21. The van der Waals surface area contributed by atoms with Crippen LogP contribution < -0.4 is 14.8 Å². The second-order valence-electron chi connectivity index (χ2n) is 12.3. The lowest BCUT2D eigenvalue weighted by atomic mass is 9.85. The van der Waals surface area contributed by atoms with Crippen LogP contribution in [0.2, 0.25) is 0 Å². The van der Waals surface area contributed by atoms with E-state index in [4.69, 9.17) is 9.47 Å². The number of amides is 2. The standard InChI is InChI=1S/C29H41N5O5/c1-29(2,3)26(34-17-22(31-32-34)18-12-13-18)28(37)33-16-20(35)14-23(33)27(36)30-15-19-8-7-11-24(38-4)25(19)39-21-9-5-6-10-21/h7-8,11,17-18,20-21,23,26,35H,5-6,9-10,12-16H2,1-4H3,(H,30,36)/t20-,23+,26-/m1/s1. The highest BCUT2D eigenvalue weighted by Crippen LogP contribution is 2.40. The Bertz CT molecular complexity index is 1180. The fraction of sp³-hybridized carbons (Fsp3) is 0.655. The Morgan fingerprint density at radius 3 is 2.59 bits per heavy atom. The van der Waals surface area contributed by atoms with Crippen LogP contribution in [0.1, 0.15) is 88.9 Å². The number of methoxy groups -OCH3 is 1. The van der Waals surface area contributed by atoms with Crippen LogP contribution in [-0.2, 0) is 16.1 Å². The van der Waals surface area contributed by atoms with Gasteiger partial charge in [0.15, 0.2) is 11.5 Å². The molecule has 10 nitrogen and oxygen atoms in total. The molecule has 5 rings (SSSR count). The van der Waals surface area contributed by atoms with Crippen LogP contribution in [0.15, 0.2) is 24.4 Å². The van der Waals surface area contributed by atoms with Gasteiger partial charge in [-0.15, -0.1) is 5.10 Å². The average molecular weight is 540 g/mol. The van der Waals surface area contributed by atoms with Crippen molar-refractivity contribution in [2.24, 2.45) is 5.41 Å². The molecule has 10 heteroatoms. The third-order valence-electron chi connectivity index (χ3n) is 8.03. The predicted molar refractivity (Wildman–Crippen MR) is 144 cm³/mol. The minimum absolute atomic E-state index is 0.100. The number of likely N-dealkylation sites (tertiary alicyclic amines) is 1. The summed E-state index contributed by atoms with van der Waals surface area (Å²) in [6.45, 7) is 6.25. The highest BCUT2D eigenvalue weighted by atomic mass is 16.5. The zero-order valence-corrected chi connectivity index (χ0v) is 23.4. The topological polar surface area (TPSA) is 119 Å². The first-order valence-electron chi connectivity index (χ1n) is 14.2. The van der Waals surface area contributed by atoms with E-state index in [0.29, 0.717) is 17.4 Å². The monoisotopic (exact) mass is 539 g/mol. The summed E-state index contributed by atoms with van der Waals surface area (Å²) in [5.74, 6) is 1.16. The van der Waals surface area contributed by atoms with Gasteiger partial charge in [0.1, 0.15) is 12.1 Å². The molecule has 2 N–H and O–H groups in total. The maximum Gasteiger partial charge on any atom is 0.248 e. The molecule has 1 saturated heterocycles. The van der Waals surface area contributed by atoms with Crippen molar-refractivity contribution in [3.05, 3.63) is 35.7 Å². The number of hydrogen-bond acceptors (Lipinski definition) is 7. The summed E-state index contributed by atoms with van der Waals surface area (Å²) in [5.41, 5.74) is 1.24. The number of nitrogens with one attached hydrogen (secondary N) is 1. The Morgan fingerprint density at radius 2 is 1.92 bits per heavy atom. The van der Waals surface area contributed by atoms with E-state index in [2.05, 4.69) is 15.6 Å². The number of rotatable bonds is 9. The van der Waals surface area contributed by atoms with Gasteiger partial charge >= 0.3 is 0 Å². The van der Waals surface area contributed by atoms with Gasteiger partial charge in [0.2, 0.25) is 11.8 Å². The third kappa shape index (κ3) is 6.05. The van der Waals surface area contributed by atoms with Crippen LogP contribution in [-0.4, -0.2) is 68.7 Å². The number of benzene rings is 1. The first-order chi connectivity index (χ1) is 18.7. The Morgan fingerprint density at radius 1 is 1.18 bits per heavy atom. The van der Waals surface area contributed by atoms with Crippen molar-refractivity contribution in [2.75, 3.05) is 13.7 Å². The number of carbonyl (C=O) groups excluding carboxylic acids is 2. The summed E-state index contributed by atoms with van der Waals surface area (Å²) in [4.78, 5) is 28.9. The number of nitrogens with zero attached hydrogens (tertiary/aromatic N) is 4. The van der Waals surface area contributed by atoms with Crippen LogP contribution in [0.4, 0.5) is 0 Å². The molecule has 0 spiro atoms. The lowest BCUT2D eigenvalue weighted by Gasteiger charge is -2.34. The first kappa shape index (κ1) is 27.4. The van der Waals surface area contributed by atoms with Crippen molar-refractivity contribution in [2.45, 2.75) is 102 Å². The van der Waals surface area contributed by atoms with Gasteiger partial charge in [-0.2, -0.15) is 0 Å². The van der Waals surface area contributed by atoms with Crippen molar-refractivity contribution in [1.29, 1.82) is 0 Å². The van der Waals surface area contributed by atoms with E-state index < -0.39 is 23.6 Å². The SMILES string of the molecule is COc1cccc(CNC(=O)[C@@H]2C[C@@H](O)CN2C(=O)[C@@H](n2cc(C3CC3)nn2)C(C)(C)C)c1OC1CCCC1. The van der Waals surface area contributed by atoms with E-state index in [1.807, 2.05) is 45.2 Å². The molecule has 0 radical (unpaired) electrons. The third-order valence-corrected chi connectivity index (χ3v) is 8.03. The van der Waals surface area contributed by atoms with E-state index in [9.17, 15) is 14.7 Å². The molecule has 2 saturated carbocycles. The van der Waals surface area contributed by atoms with Crippen LogP contribution in [0.3, 0.4) is 0 Å². The predicted octanol–water partition coefficient (Wildman–Crippen LogP) is 3.35. The summed E-state index contributed by atoms with van der Waals surface area (Å²) in [5, 5.41) is 22.1. The number of aliphatic hydroxyl groups is 1. The molecule has 3 fully saturated rings. The second kappa shape index (κ2) is 11.2. The number of carbonyl (C=O) groups is 2. The quantitative estimate of drug-likeness (QED) is 0.502. The maximum absolute atomic E-state index is 14.0. The van der Waals surface area contributed by atoms with Gasteiger partial charge in [-0.05, 0) is 50.0 Å². The van der Waals surface area contributed by atoms with Gasteiger partial charge in [-0.25, -0.2) is 4.68 Å². The average Bonchev–Trinajstić information content (AvgIpc) is 3.25. The van der Waals surface area contributed by atoms with Crippen LogP contribution in [0.25, 0.3) is 0 Å². The molecule has 2 heterocycles. The molecule has 0 bridgehead atoms. The van der Waals surface area contributed by atoms with Crippen molar-refractivity contribution in [1.82, 2.24) is 25.2 Å². The van der Waals surface area contributed by atoms with Gasteiger partial charge < -0.3 is 24.8 Å². The van der Waals surface area contributed by atoms with Crippen LogP contribution in [0, 0.1) is 5.41 Å². The number of β-amino-alcohol motifs (C(OH)–C–C–N with tert-alkyl or cyclic N) is 1. The van der Waals surface area contributed by atoms with Gasteiger partial charge in [0, 0.05) is 37.2 Å². The molecule has 2 aliphatic carbocycles. The van der Waals surface area contributed by atoms with E-state index in [1.165, 1.54) is 4.90 Å². The van der Waals surface area contributed by atoms with Crippen molar-refractivity contribution < 1.29 is 24.2 Å². The van der Waals surface area contributed by atoms with E-state index >= 15 is 0 Å². The fourth-order valence-corrected chi connectivity index (χ4v) is 5.79. The molecule has 3 aliphatic rings. The van der Waals surface area contributed by atoms with Gasteiger partial charge in [0.25, 0.3) is 0 Å². The number of para-hydroxylation sites is 1. The Labute approximate surface area is 230 Å². The highest BCUT2D eigenvalue weighted by molar-refractivity contribution is 5.90. The summed E-state index contributed by atoms with van der Waals surface area (Å²) < 4.78 is 13.5.